The van der Waals surface area contributed by atoms with Crippen molar-refractivity contribution >= 4 is 47.2 Å². The number of rotatable bonds is 5. The van der Waals surface area contributed by atoms with Crippen molar-refractivity contribution in [3.8, 4) is 0 Å². The first kappa shape index (κ1) is 21.4. The molecular formula is C18H30IN5OS. The molecule has 1 aliphatic heterocycles. The molecule has 0 spiro atoms. The van der Waals surface area contributed by atoms with Gasteiger partial charge in [0.15, 0.2) is 5.96 Å². The highest BCUT2D eigenvalue weighted by atomic mass is 127. The minimum absolute atomic E-state index is 0. The van der Waals surface area contributed by atoms with E-state index in [1.54, 1.807) is 11.3 Å². The van der Waals surface area contributed by atoms with Crippen molar-refractivity contribution in [1.29, 1.82) is 0 Å². The number of aryl methyl sites for hydroxylation is 1. The highest BCUT2D eigenvalue weighted by Gasteiger charge is 2.32. The molecule has 146 valence electrons. The van der Waals surface area contributed by atoms with Crippen molar-refractivity contribution in [2.75, 3.05) is 19.6 Å². The number of guanidine groups is 1. The molecule has 2 heterocycles. The van der Waals surface area contributed by atoms with Gasteiger partial charge >= 0.3 is 0 Å². The zero-order chi connectivity index (χ0) is 17.6. The summed E-state index contributed by atoms with van der Waals surface area (Å²) in [5, 5.41) is 6.81. The van der Waals surface area contributed by atoms with Gasteiger partial charge in [-0.25, -0.2) is 9.98 Å². The predicted molar refractivity (Wildman–Crippen MR) is 117 cm³/mol. The maximum atomic E-state index is 12.6. The van der Waals surface area contributed by atoms with E-state index < -0.39 is 0 Å². The van der Waals surface area contributed by atoms with Crippen LogP contribution in [0, 0.1) is 12.8 Å². The number of aliphatic imine (C=N–C) groups is 1. The van der Waals surface area contributed by atoms with E-state index in [0.29, 0.717) is 12.5 Å². The highest BCUT2D eigenvalue weighted by Crippen LogP contribution is 2.27. The van der Waals surface area contributed by atoms with Gasteiger partial charge in [-0.3, -0.25) is 4.79 Å². The van der Waals surface area contributed by atoms with Crippen molar-refractivity contribution < 1.29 is 4.79 Å². The van der Waals surface area contributed by atoms with Crippen molar-refractivity contribution in [2.24, 2.45) is 10.9 Å². The third kappa shape index (κ3) is 5.55. The van der Waals surface area contributed by atoms with Crippen LogP contribution in [0.5, 0.6) is 0 Å². The van der Waals surface area contributed by atoms with Gasteiger partial charge in [-0.05, 0) is 33.1 Å². The van der Waals surface area contributed by atoms with Gasteiger partial charge in [-0.1, -0.05) is 12.8 Å². The van der Waals surface area contributed by atoms with E-state index in [0.717, 1.165) is 50.6 Å². The molecule has 0 radical (unpaired) electrons. The second-order valence-corrected chi connectivity index (χ2v) is 7.89. The zero-order valence-corrected chi connectivity index (χ0v) is 18.8. The van der Waals surface area contributed by atoms with Crippen LogP contribution in [0.25, 0.3) is 0 Å². The zero-order valence-electron chi connectivity index (χ0n) is 15.7. The summed E-state index contributed by atoms with van der Waals surface area (Å²) in [5.74, 6) is 1.47. The molecule has 1 unspecified atom stereocenters. The van der Waals surface area contributed by atoms with Crippen LogP contribution in [0.4, 0.5) is 0 Å². The number of aromatic nitrogens is 1. The summed E-state index contributed by atoms with van der Waals surface area (Å²) < 4.78 is 0. The van der Waals surface area contributed by atoms with Crippen LogP contribution in [0.2, 0.25) is 0 Å². The summed E-state index contributed by atoms with van der Waals surface area (Å²) in [4.78, 5) is 24.8. The van der Waals surface area contributed by atoms with Gasteiger partial charge in [0, 0.05) is 36.5 Å². The van der Waals surface area contributed by atoms with E-state index in [2.05, 4.69) is 27.5 Å². The Morgan fingerprint density at radius 3 is 2.81 bits per heavy atom. The Hall–Kier alpha value is -0.900. The van der Waals surface area contributed by atoms with E-state index in [1.165, 1.54) is 17.7 Å². The van der Waals surface area contributed by atoms with Crippen LogP contribution in [-0.2, 0) is 11.3 Å². The Morgan fingerprint density at radius 1 is 1.38 bits per heavy atom. The Balaban J connectivity index is 0.00000243. The molecule has 2 aliphatic rings. The molecule has 0 bridgehead atoms. The van der Waals surface area contributed by atoms with Gasteiger partial charge in [0.2, 0.25) is 5.91 Å². The minimum Gasteiger partial charge on any atom is -0.357 e. The largest absolute Gasteiger partial charge is 0.357 e. The Bertz CT molecular complexity index is 614. The minimum atomic E-state index is 0. The molecule has 8 heteroatoms. The first-order chi connectivity index (χ1) is 12.2. The number of nitrogens with zero attached hydrogens (tertiary/aromatic N) is 3. The lowest BCUT2D eigenvalue weighted by molar-refractivity contribution is -0.134. The third-order valence-corrected chi connectivity index (χ3v) is 6.03. The second-order valence-electron chi connectivity index (χ2n) is 6.95. The quantitative estimate of drug-likeness (QED) is 0.378. The molecular weight excluding hydrogens is 461 g/mol. The molecule has 2 fully saturated rings. The maximum absolute atomic E-state index is 12.6. The fourth-order valence-electron chi connectivity index (χ4n) is 3.65. The first-order valence-electron chi connectivity index (χ1n) is 9.40. The number of nitrogens with one attached hydrogen (secondary N) is 2. The highest BCUT2D eigenvalue weighted by molar-refractivity contribution is 14.0. The number of carbonyl (C=O) groups is 1. The van der Waals surface area contributed by atoms with Gasteiger partial charge in [-0.2, -0.15) is 0 Å². The van der Waals surface area contributed by atoms with Crippen molar-refractivity contribution in [3.05, 3.63) is 16.1 Å². The molecule has 3 rings (SSSR count). The lowest BCUT2D eigenvalue weighted by atomic mass is 10.1. The molecule has 1 saturated carbocycles. The van der Waals surface area contributed by atoms with Gasteiger partial charge in [0.25, 0.3) is 0 Å². The molecule has 0 aromatic carbocycles. The van der Waals surface area contributed by atoms with E-state index in [9.17, 15) is 4.79 Å². The summed E-state index contributed by atoms with van der Waals surface area (Å²) in [6.45, 7) is 7.21. The normalized spacial score (nSPS) is 20.9. The van der Waals surface area contributed by atoms with Crippen LogP contribution in [0.3, 0.4) is 0 Å². The molecule has 1 amide bonds. The molecule has 1 aromatic rings. The molecule has 1 aromatic heterocycles. The Labute approximate surface area is 177 Å². The SMILES string of the molecule is CCNC(=NCc1scnc1C)NC1CCN(C(=O)C2CCCC2)C1.I. The number of hydrogen-bond acceptors (Lipinski definition) is 4. The number of likely N-dealkylation sites (tertiary alicyclic amines) is 1. The number of amides is 1. The smallest absolute Gasteiger partial charge is 0.225 e. The standard InChI is InChI=1S/C18H29N5OS.HI/c1-3-19-18(20-10-16-13(2)21-12-25-16)22-15-8-9-23(11-15)17(24)14-6-4-5-7-14;/h12,14-15H,3-11H2,1-2H3,(H2,19,20,22);1H. The van der Waals surface area contributed by atoms with Gasteiger partial charge in [-0.15, -0.1) is 35.3 Å². The van der Waals surface area contributed by atoms with Crippen LogP contribution in [0.1, 0.15) is 49.6 Å². The molecule has 2 N–H and O–H groups in total. The van der Waals surface area contributed by atoms with Gasteiger partial charge in [0.1, 0.15) is 0 Å². The van der Waals surface area contributed by atoms with E-state index in [4.69, 9.17) is 0 Å². The summed E-state index contributed by atoms with van der Waals surface area (Å²) in [7, 11) is 0. The van der Waals surface area contributed by atoms with Crippen LogP contribution in [-0.4, -0.2) is 47.4 Å². The number of halogens is 1. The fourth-order valence-corrected chi connectivity index (χ4v) is 4.35. The van der Waals surface area contributed by atoms with E-state index >= 15 is 0 Å². The molecule has 1 atom stereocenters. The summed E-state index contributed by atoms with van der Waals surface area (Å²) >= 11 is 1.64. The maximum Gasteiger partial charge on any atom is 0.225 e. The summed E-state index contributed by atoms with van der Waals surface area (Å²) in [5.41, 5.74) is 2.92. The van der Waals surface area contributed by atoms with Crippen molar-refractivity contribution in [2.45, 2.75) is 58.5 Å². The molecule has 6 nitrogen and oxygen atoms in total. The van der Waals surface area contributed by atoms with Crippen molar-refractivity contribution in [3.63, 3.8) is 0 Å². The molecule has 1 saturated heterocycles. The lowest BCUT2D eigenvalue weighted by Crippen LogP contribution is -2.45. The van der Waals surface area contributed by atoms with Gasteiger partial charge < -0.3 is 15.5 Å². The first-order valence-corrected chi connectivity index (χ1v) is 10.3. The number of carbonyl (C=O) groups excluding carboxylic acids is 1. The van der Waals surface area contributed by atoms with Gasteiger partial charge in [0.05, 0.1) is 17.7 Å². The summed E-state index contributed by atoms with van der Waals surface area (Å²) in [6.07, 6.45) is 5.56. The average Bonchev–Trinajstić information content (AvgIpc) is 3.35. The van der Waals surface area contributed by atoms with E-state index in [-0.39, 0.29) is 35.9 Å². The third-order valence-electron chi connectivity index (χ3n) is 5.12. The Morgan fingerprint density at radius 2 is 2.15 bits per heavy atom. The Kier molecular flexibility index (Phi) is 8.59. The average molecular weight is 491 g/mol. The topological polar surface area (TPSA) is 69.6 Å². The summed E-state index contributed by atoms with van der Waals surface area (Å²) in [6, 6.07) is 0.283. The monoisotopic (exact) mass is 491 g/mol. The molecule has 1 aliphatic carbocycles. The van der Waals surface area contributed by atoms with E-state index in [1.807, 2.05) is 17.3 Å². The predicted octanol–water partition coefficient (Wildman–Crippen LogP) is 2.92. The fraction of sp³-hybridized carbons (Fsp3) is 0.722. The number of thiazole rings is 1. The lowest BCUT2D eigenvalue weighted by Gasteiger charge is -2.21. The van der Waals surface area contributed by atoms with Crippen LogP contribution < -0.4 is 10.6 Å². The van der Waals surface area contributed by atoms with Crippen LogP contribution in [0.15, 0.2) is 10.5 Å². The molecule has 26 heavy (non-hydrogen) atoms. The van der Waals surface area contributed by atoms with Crippen molar-refractivity contribution in [1.82, 2.24) is 20.5 Å². The second kappa shape index (κ2) is 10.4. The van der Waals surface area contributed by atoms with Crippen LogP contribution >= 0.6 is 35.3 Å². The number of hydrogen-bond donors (Lipinski definition) is 2.